The van der Waals surface area contributed by atoms with Gasteiger partial charge in [-0.1, -0.05) is 31.5 Å². The van der Waals surface area contributed by atoms with Crippen molar-refractivity contribution < 1.29 is 26.7 Å². The lowest BCUT2D eigenvalue weighted by atomic mass is 9.64. The Labute approximate surface area is 160 Å². The fraction of sp³-hybridized carbons (Fsp3) is 0.545. The molecule has 0 bridgehead atoms. The zero-order valence-electron chi connectivity index (χ0n) is 15.7. The summed E-state index contributed by atoms with van der Waals surface area (Å²) in [7, 11) is 0. The van der Waals surface area contributed by atoms with Crippen LogP contribution >= 0.6 is 0 Å². The largest absolute Gasteiger partial charge is 0.573 e. The van der Waals surface area contributed by atoms with Gasteiger partial charge in [0.25, 0.3) is 0 Å². The Bertz CT molecular complexity index is 875. The third-order valence-corrected chi connectivity index (χ3v) is 6.58. The van der Waals surface area contributed by atoms with Crippen LogP contribution < -0.4 is 4.74 Å². The van der Waals surface area contributed by atoms with Crippen molar-refractivity contribution in [3.8, 4) is 5.75 Å². The lowest BCUT2D eigenvalue weighted by molar-refractivity contribution is -0.275. The quantitative estimate of drug-likeness (QED) is 0.481. The fourth-order valence-corrected chi connectivity index (χ4v) is 5.23. The van der Waals surface area contributed by atoms with E-state index in [0.717, 1.165) is 42.7 Å². The van der Waals surface area contributed by atoms with Crippen LogP contribution in [0.25, 0.3) is 10.8 Å². The van der Waals surface area contributed by atoms with Crippen LogP contribution in [0, 0.1) is 29.4 Å². The molecule has 0 saturated heterocycles. The van der Waals surface area contributed by atoms with Crippen molar-refractivity contribution in [1.29, 1.82) is 0 Å². The average molecular weight is 398 g/mol. The van der Waals surface area contributed by atoms with E-state index in [0.29, 0.717) is 11.8 Å². The summed E-state index contributed by atoms with van der Waals surface area (Å²) < 4.78 is 69.5. The molecule has 2 saturated carbocycles. The molecule has 152 valence electrons. The van der Waals surface area contributed by atoms with Crippen molar-refractivity contribution in [3.05, 3.63) is 41.5 Å². The zero-order valence-corrected chi connectivity index (χ0v) is 15.7. The fourth-order valence-electron chi connectivity index (χ4n) is 5.23. The van der Waals surface area contributed by atoms with Gasteiger partial charge in [0.05, 0.1) is 0 Å². The Morgan fingerprint density at radius 1 is 0.929 bits per heavy atom. The molecule has 0 spiro atoms. The Balaban J connectivity index is 1.64. The molecule has 2 aromatic carbocycles. The van der Waals surface area contributed by atoms with Crippen molar-refractivity contribution in [2.45, 2.75) is 57.7 Å². The van der Waals surface area contributed by atoms with Crippen LogP contribution in [0.4, 0.5) is 22.0 Å². The highest BCUT2D eigenvalue weighted by molar-refractivity contribution is 5.89. The molecule has 0 heterocycles. The Morgan fingerprint density at radius 2 is 1.64 bits per heavy atom. The minimum atomic E-state index is -5.09. The smallest absolute Gasteiger partial charge is 0.402 e. The predicted octanol–water partition coefficient (Wildman–Crippen LogP) is 7.34. The van der Waals surface area contributed by atoms with Crippen molar-refractivity contribution in [2.24, 2.45) is 17.8 Å². The van der Waals surface area contributed by atoms with Crippen LogP contribution in [-0.2, 0) is 0 Å². The number of halogens is 5. The van der Waals surface area contributed by atoms with E-state index < -0.39 is 23.7 Å². The van der Waals surface area contributed by atoms with E-state index >= 15 is 0 Å². The van der Waals surface area contributed by atoms with Gasteiger partial charge in [0.15, 0.2) is 11.6 Å². The average Bonchev–Trinajstić information content (AvgIpc) is 2.63. The molecule has 28 heavy (non-hydrogen) atoms. The van der Waals surface area contributed by atoms with Gasteiger partial charge in [0.2, 0.25) is 5.82 Å². The van der Waals surface area contributed by atoms with Gasteiger partial charge in [-0.05, 0) is 72.8 Å². The number of alkyl halides is 3. The lowest BCUT2D eigenvalue weighted by Gasteiger charge is -2.41. The van der Waals surface area contributed by atoms with Gasteiger partial charge in [-0.2, -0.15) is 4.39 Å². The first-order chi connectivity index (χ1) is 13.2. The number of hydrogen-bond donors (Lipinski definition) is 0. The molecule has 2 fully saturated rings. The number of hydrogen-bond acceptors (Lipinski definition) is 1. The summed E-state index contributed by atoms with van der Waals surface area (Å²) in [5.41, 5.74) is 0.980. The maximum Gasteiger partial charge on any atom is 0.573 e. The third-order valence-electron chi connectivity index (χ3n) is 6.58. The van der Waals surface area contributed by atoms with Crippen LogP contribution in [0.2, 0.25) is 0 Å². The Morgan fingerprint density at radius 3 is 2.39 bits per heavy atom. The summed E-state index contributed by atoms with van der Waals surface area (Å²) >= 11 is 0. The van der Waals surface area contributed by atoms with Crippen LogP contribution in [-0.4, -0.2) is 6.36 Å². The highest BCUT2D eigenvalue weighted by atomic mass is 19.4. The summed E-state index contributed by atoms with van der Waals surface area (Å²) in [5, 5.41) is 0.162. The molecule has 4 atom stereocenters. The van der Waals surface area contributed by atoms with E-state index in [9.17, 15) is 22.0 Å². The molecule has 1 nitrogen and oxygen atoms in total. The van der Waals surface area contributed by atoms with E-state index in [1.165, 1.54) is 25.3 Å². The highest BCUT2D eigenvalue weighted by Crippen LogP contribution is 2.48. The highest BCUT2D eigenvalue weighted by Gasteiger charge is 2.36. The number of benzene rings is 2. The van der Waals surface area contributed by atoms with Gasteiger partial charge < -0.3 is 4.74 Å². The SMILES string of the molecule is CC1CCC2CC(c3ccc4c(OC(F)(F)F)c(F)c(F)cc4c3)CCC2C1. The van der Waals surface area contributed by atoms with Gasteiger partial charge >= 0.3 is 6.36 Å². The first kappa shape index (κ1) is 19.5. The minimum absolute atomic E-state index is 0.0693. The molecule has 4 rings (SSSR count). The first-order valence-corrected chi connectivity index (χ1v) is 9.88. The van der Waals surface area contributed by atoms with Crippen LogP contribution in [0.5, 0.6) is 5.75 Å². The number of fused-ring (bicyclic) bond motifs is 2. The maximum atomic E-state index is 13.9. The lowest BCUT2D eigenvalue weighted by Crippen LogP contribution is -2.29. The maximum absolute atomic E-state index is 13.9. The van der Waals surface area contributed by atoms with Crippen LogP contribution in [0.3, 0.4) is 0 Å². The molecule has 2 aliphatic carbocycles. The van der Waals surface area contributed by atoms with Crippen molar-refractivity contribution >= 4 is 10.8 Å². The van der Waals surface area contributed by atoms with Gasteiger partial charge in [-0.25, -0.2) is 4.39 Å². The standard InChI is InChI=1S/C22H23F5O/c1-12-2-3-14-9-15(5-4-13(14)8-12)16-6-7-18-17(10-16)11-19(23)20(24)21(18)28-22(25,26)27/h6-7,10-15H,2-5,8-9H2,1H3. The number of ether oxygens (including phenoxy) is 1. The molecular weight excluding hydrogens is 375 g/mol. The van der Waals surface area contributed by atoms with E-state index in [4.69, 9.17) is 0 Å². The minimum Gasteiger partial charge on any atom is -0.402 e. The normalized spacial score (nSPS) is 28.2. The summed E-state index contributed by atoms with van der Waals surface area (Å²) in [5.74, 6) is -1.52. The van der Waals surface area contributed by atoms with Gasteiger partial charge in [-0.15, -0.1) is 13.2 Å². The van der Waals surface area contributed by atoms with Gasteiger partial charge in [0.1, 0.15) is 0 Å². The monoisotopic (exact) mass is 398 g/mol. The second-order valence-corrected chi connectivity index (χ2v) is 8.48. The second-order valence-electron chi connectivity index (χ2n) is 8.48. The molecule has 0 N–H and O–H groups in total. The van der Waals surface area contributed by atoms with Crippen molar-refractivity contribution in [1.82, 2.24) is 0 Å². The van der Waals surface area contributed by atoms with Crippen LogP contribution in [0.15, 0.2) is 24.3 Å². The molecule has 0 aliphatic heterocycles. The van der Waals surface area contributed by atoms with E-state index in [-0.39, 0.29) is 10.8 Å². The predicted molar refractivity (Wildman–Crippen MR) is 97.1 cm³/mol. The molecular formula is C22H23F5O. The third kappa shape index (κ3) is 3.83. The molecule has 0 aromatic heterocycles. The van der Waals surface area contributed by atoms with Crippen molar-refractivity contribution in [3.63, 3.8) is 0 Å². The molecule has 4 unspecified atom stereocenters. The molecule has 6 heteroatoms. The summed E-state index contributed by atoms with van der Waals surface area (Å²) in [6.45, 7) is 2.31. The van der Waals surface area contributed by atoms with E-state index in [1.54, 1.807) is 12.1 Å². The molecule has 2 aliphatic rings. The topological polar surface area (TPSA) is 9.23 Å². The van der Waals surface area contributed by atoms with Crippen molar-refractivity contribution in [2.75, 3.05) is 0 Å². The summed E-state index contributed by atoms with van der Waals surface area (Å²) in [6, 6.07) is 5.80. The molecule has 2 aromatic rings. The molecule has 0 radical (unpaired) electrons. The number of rotatable bonds is 2. The van der Waals surface area contributed by atoms with Crippen LogP contribution in [0.1, 0.15) is 56.9 Å². The van der Waals surface area contributed by atoms with E-state index in [2.05, 4.69) is 11.7 Å². The zero-order chi connectivity index (χ0) is 20.1. The summed E-state index contributed by atoms with van der Waals surface area (Å²) in [6.07, 6.45) is 1.88. The Kier molecular flexibility index (Phi) is 5.00. The van der Waals surface area contributed by atoms with E-state index in [1.807, 2.05) is 0 Å². The Hall–Kier alpha value is -1.85. The van der Waals surface area contributed by atoms with Gasteiger partial charge in [0, 0.05) is 5.39 Å². The summed E-state index contributed by atoms with van der Waals surface area (Å²) in [4.78, 5) is 0. The second kappa shape index (κ2) is 7.20. The van der Waals surface area contributed by atoms with Gasteiger partial charge in [-0.3, -0.25) is 0 Å². The first-order valence-electron chi connectivity index (χ1n) is 9.88. The molecule has 0 amide bonds.